The van der Waals surface area contributed by atoms with Gasteiger partial charge in [0.1, 0.15) is 0 Å². The van der Waals surface area contributed by atoms with Gasteiger partial charge in [0.05, 0.1) is 10.0 Å². The molecule has 1 N–H and O–H groups in total. The van der Waals surface area contributed by atoms with Crippen LogP contribution in [0.4, 0.5) is 5.95 Å². The van der Waals surface area contributed by atoms with Crippen LogP contribution in [-0.4, -0.2) is 40.0 Å². The second-order valence-corrected chi connectivity index (χ2v) is 7.52. The average molecular weight is 363 g/mol. The molecular formula is C18H20Cl2N4. The Bertz CT molecular complexity index is 724. The van der Waals surface area contributed by atoms with Crippen LogP contribution in [0.3, 0.4) is 0 Å². The average Bonchev–Trinajstić information content (AvgIpc) is 2.61. The highest BCUT2D eigenvalue weighted by Crippen LogP contribution is 2.34. The van der Waals surface area contributed by atoms with Gasteiger partial charge in [0, 0.05) is 30.0 Å². The van der Waals surface area contributed by atoms with Gasteiger partial charge in [-0.25, -0.2) is 9.97 Å². The summed E-state index contributed by atoms with van der Waals surface area (Å²) in [7, 11) is 0. The summed E-state index contributed by atoms with van der Waals surface area (Å²) in [5.74, 6) is 1.42. The molecule has 1 aromatic carbocycles. The van der Waals surface area contributed by atoms with Crippen molar-refractivity contribution < 1.29 is 0 Å². The molecule has 24 heavy (non-hydrogen) atoms. The first-order chi connectivity index (χ1) is 11.6. The van der Waals surface area contributed by atoms with Crippen molar-refractivity contribution in [3.05, 3.63) is 40.6 Å². The third-order valence-corrected chi connectivity index (χ3v) is 6.12. The molecule has 5 rings (SSSR count). The van der Waals surface area contributed by atoms with Crippen LogP contribution < -0.4 is 5.32 Å². The Morgan fingerprint density at radius 3 is 2.38 bits per heavy atom. The van der Waals surface area contributed by atoms with Crippen LogP contribution >= 0.6 is 23.2 Å². The summed E-state index contributed by atoms with van der Waals surface area (Å²) >= 11 is 12.1. The maximum absolute atomic E-state index is 6.09. The van der Waals surface area contributed by atoms with Gasteiger partial charge in [-0.1, -0.05) is 29.3 Å². The first-order valence-electron chi connectivity index (χ1n) is 8.40. The van der Waals surface area contributed by atoms with Crippen LogP contribution in [0, 0.1) is 5.92 Å². The zero-order valence-electron chi connectivity index (χ0n) is 13.5. The first-order valence-corrected chi connectivity index (χ1v) is 9.15. The third-order valence-electron chi connectivity index (χ3n) is 5.38. The molecule has 0 saturated carbocycles. The highest BCUT2D eigenvalue weighted by atomic mass is 35.5. The molecule has 2 aromatic rings. The molecule has 3 aliphatic rings. The number of fused-ring (bicyclic) bond motifs is 3. The second kappa shape index (κ2) is 6.51. The Labute approximate surface area is 152 Å². The van der Waals surface area contributed by atoms with Crippen molar-refractivity contribution in [2.75, 3.05) is 18.4 Å². The van der Waals surface area contributed by atoms with Gasteiger partial charge in [-0.05, 0) is 56.5 Å². The molecule has 4 nitrogen and oxygen atoms in total. The molecule has 1 aromatic heterocycles. The van der Waals surface area contributed by atoms with Crippen molar-refractivity contribution in [1.82, 2.24) is 14.9 Å². The van der Waals surface area contributed by atoms with E-state index in [0.717, 1.165) is 17.0 Å². The van der Waals surface area contributed by atoms with E-state index >= 15 is 0 Å². The smallest absolute Gasteiger partial charge is 0.222 e. The Balaban J connectivity index is 1.50. The number of hydrogen-bond acceptors (Lipinski definition) is 4. The minimum Gasteiger partial charge on any atom is -0.350 e. The second-order valence-electron chi connectivity index (χ2n) is 6.71. The number of rotatable bonds is 3. The van der Waals surface area contributed by atoms with Crippen molar-refractivity contribution >= 4 is 29.2 Å². The number of benzene rings is 1. The Morgan fingerprint density at radius 2 is 1.75 bits per heavy atom. The lowest BCUT2D eigenvalue weighted by molar-refractivity contribution is 0.0455. The lowest BCUT2D eigenvalue weighted by atomic mass is 9.79. The molecule has 3 fully saturated rings. The molecule has 0 aliphatic carbocycles. The Morgan fingerprint density at radius 1 is 1.04 bits per heavy atom. The summed E-state index contributed by atoms with van der Waals surface area (Å²) in [6.45, 7) is 4.75. The van der Waals surface area contributed by atoms with E-state index < -0.39 is 0 Å². The summed E-state index contributed by atoms with van der Waals surface area (Å²) in [6.07, 6.45) is 6.20. The van der Waals surface area contributed by atoms with Crippen molar-refractivity contribution in [2.45, 2.75) is 31.8 Å². The van der Waals surface area contributed by atoms with Crippen LogP contribution in [0.1, 0.15) is 19.8 Å². The zero-order chi connectivity index (χ0) is 16.7. The number of hydrogen-bond donors (Lipinski definition) is 1. The van der Waals surface area contributed by atoms with Crippen LogP contribution in [0.25, 0.3) is 11.1 Å². The number of anilines is 1. The standard InChI is InChI=1S/C18H20Cl2N4/c1-11-17(12-4-6-24(11)7-5-12)23-18-21-9-14(10-22-18)13-2-3-15(19)16(20)8-13/h2-3,8-12,17H,4-7H2,1H3,(H,21,22,23). The van der Waals surface area contributed by atoms with Crippen LogP contribution in [0.5, 0.6) is 0 Å². The highest BCUT2D eigenvalue weighted by molar-refractivity contribution is 6.42. The predicted molar refractivity (Wildman–Crippen MR) is 98.7 cm³/mol. The fourth-order valence-corrected chi connectivity index (χ4v) is 4.22. The highest BCUT2D eigenvalue weighted by Gasteiger charge is 2.39. The summed E-state index contributed by atoms with van der Waals surface area (Å²) in [5, 5.41) is 4.64. The van der Waals surface area contributed by atoms with Gasteiger partial charge in [0.15, 0.2) is 0 Å². The number of piperidine rings is 3. The monoisotopic (exact) mass is 362 g/mol. The molecule has 126 valence electrons. The molecule has 2 unspecified atom stereocenters. The molecule has 3 saturated heterocycles. The van der Waals surface area contributed by atoms with Gasteiger partial charge in [0.25, 0.3) is 0 Å². The largest absolute Gasteiger partial charge is 0.350 e. The molecular weight excluding hydrogens is 343 g/mol. The summed E-state index contributed by atoms with van der Waals surface area (Å²) in [6, 6.07) is 6.53. The lowest BCUT2D eigenvalue weighted by Gasteiger charge is -2.49. The fraction of sp³-hybridized carbons (Fsp3) is 0.444. The van der Waals surface area contributed by atoms with Crippen molar-refractivity contribution in [3.63, 3.8) is 0 Å². The van der Waals surface area contributed by atoms with Gasteiger partial charge in [-0.3, -0.25) is 4.90 Å². The molecule has 0 amide bonds. The van der Waals surface area contributed by atoms with Gasteiger partial charge in [-0.2, -0.15) is 0 Å². The normalized spacial score (nSPS) is 28.8. The van der Waals surface area contributed by atoms with E-state index in [1.807, 2.05) is 24.5 Å². The van der Waals surface area contributed by atoms with Crippen LogP contribution in [0.2, 0.25) is 10.0 Å². The van der Waals surface area contributed by atoms with Crippen molar-refractivity contribution in [3.8, 4) is 11.1 Å². The Hall–Kier alpha value is -1.36. The number of nitrogens with one attached hydrogen (secondary N) is 1. The van der Waals surface area contributed by atoms with E-state index in [1.54, 1.807) is 6.07 Å². The molecule has 2 atom stereocenters. The van der Waals surface area contributed by atoms with E-state index in [-0.39, 0.29) is 0 Å². The summed E-state index contributed by atoms with van der Waals surface area (Å²) in [5.41, 5.74) is 1.90. The number of aromatic nitrogens is 2. The topological polar surface area (TPSA) is 41.1 Å². The minimum absolute atomic E-state index is 0.434. The van der Waals surface area contributed by atoms with Gasteiger partial charge in [-0.15, -0.1) is 0 Å². The zero-order valence-corrected chi connectivity index (χ0v) is 15.1. The third kappa shape index (κ3) is 2.99. The maximum Gasteiger partial charge on any atom is 0.222 e. The molecule has 0 spiro atoms. The SMILES string of the molecule is CC1C(Nc2ncc(-c3ccc(Cl)c(Cl)c3)cn2)C2CCN1CC2. The van der Waals surface area contributed by atoms with Crippen molar-refractivity contribution in [2.24, 2.45) is 5.92 Å². The van der Waals surface area contributed by atoms with Gasteiger partial charge < -0.3 is 5.32 Å². The molecule has 4 heterocycles. The van der Waals surface area contributed by atoms with E-state index in [2.05, 4.69) is 27.1 Å². The summed E-state index contributed by atoms with van der Waals surface area (Å²) < 4.78 is 0. The number of halogens is 2. The molecule has 6 heteroatoms. The van der Waals surface area contributed by atoms with E-state index in [9.17, 15) is 0 Å². The van der Waals surface area contributed by atoms with E-state index in [0.29, 0.717) is 28.1 Å². The van der Waals surface area contributed by atoms with Crippen LogP contribution in [-0.2, 0) is 0 Å². The lowest BCUT2D eigenvalue weighted by Crippen LogP contribution is -2.59. The fourth-order valence-electron chi connectivity index (χ4n) is 3.92. The maximum atomic E-state index is 6.09. The molecule has 0 radical (unpaired) electrons. The quantitative estimate of drug-likeness (QED) is 0.881. The van der Waals surface area contributed by atoms with E-state index in [4.69, 9.17) is 23.2 Å². The first kappa shape index (κ1) is 16.1. The van der Waals surface area contributed by atoms with E-state index in [1.165, 1.54) is 25.9 Å². The summed E-state index contributed by atoms with van der Waals surface area (Å²) in [4.78, 5) is 11.6. The number of nitrogens with zero attached hydrogens (tertiary/aromatic N) is 3. The van der Waals surface area contributed by atoms with Crippen LogP contribution in [0.15, 0.2) is 30.6 Å². The Kier molecular flexibility index (Phi) is 4.37. The molecule has 3 aliphatic heterocycles. The molecule has 2 bridgehead atoms. The minimum atomic E-state index is 0.434. The predicted octanol–water partition coefficient (Wildman–Crippen LogP) is 4.35. The van der Waals surface area contributed by atoms with Gasteiger partial charge >= 0.3 is 0 Å². The van der Waals surface area contributed by atoms with Crippen molar-refractivity contribution in [1.29, 1.82) is 0 Å². The van der Waals surface area contributed by atoms with Gasteiger partial charge in [0.2, 0.25) is 5.95 Å².